The second-order valence-electron chi connectivity index (χ2n) is 5.55. The largest absolute Gasteiger partial charge is 0.508 e. The van der Waals surface area contributed by atoms with Gasteiger partial charge in [0, 0.05) is 11.3 Å². The molecule has 0 aliphatic heterocycles. The molecule has 0 aliphatic rings. The summed E-state index contributed by atoms with van der Waals surface area (Å²) in [5.74, 6) is -1.24. The van der Waals surface area contributed by atoms with Crippen molar-refractivity contribution in [1.82, 2.24) is 0 Å². The number of benzene rings is 2. The SMILES string of the molecule is O=C(COC(=O)c1ccc(O)cc1)c1ccc(NC(=O)c2ccco2)cc1. The molecule has 1 aromatic heterocycles. The number of furan rings is 1. The van der Waals surface area contributed by atoms with E-state index in [9.17, 15) is 19.5 Å². The van der Waals surface area contributed by atoms with Gasteiger partial charge in [-0.3, -0.25) is 9.59 Å². The molecule has 0 saturated heterocycles. The fourth-order valence-corrected chi connectivity index (χ4v) is 2.24. The van der Waals surface area contributed by atoms with Crippen LogP contribution in [0.15, 0.2) is 71.3 Å². The molecular weight excluding hydrogens is 350 g/mol. The van der Waals surface area contributed by atoms with Crippen molar-refractivity contribution in [2.45, 2.75) is 0 Å². The van der Waals surface area contributed by atoms with Gasteiger partial charge in [0.25, 0.3) is 5.91 Å². The Balaban J connectivity index is 1.55. The van der Waals surface area contributed by atoms with Crippen molar-refractivity contribution in [2.24, 2.45) is 0 Å². The zero-order valence-corrected chi connectivity index (χ0v) is 14.0. The van der Waals surface area contributed by atoms with Gasteiger partial charge in [-0.15, -0.1) is 0 Å². The van der Waals surface area contributed by atoms with Crippen molar-refractivity contribution in [3.05, 3.63) is 83.8 Å². The smallest absolute Gasteiger partial charge is 0.338 e. The molecule has 0 atom stereocenters. The third-order valence-corrected chi connectivity index (χ3v) is 3.65. The number of hydrogen-bond donors (Lipinski definition) is 2. The summed E-state index contributed by atoms with van der Waals surface area (Å²) in [6.07, 6.45) is 1.40. The van der Waals surface area contributed by atoms with Crippen LogP contribution in [0.3, 0.4) is 0 Å². The van der Waals surface area contributed by atoms with Crippen LogP contribution in [0.5, 0.6) is 5.75 Å². The van der Waals surface area contributed by atoms with Gasteiger partial charge in [0.05, 0.1) is 11.8 Å². The minimum Gasteiger partial charge on any atom is -0.508 e. The number of esters is 1. The number of rotatable bonds is 6. The summed E-state index contributed by atoms with van der Waals surface area (Å²) in [5, 5.41) is 11.8. The molecule has 2 aromatic carbocycles. The molecule has 0 spiro atoms. The monoisotopic (exact) mass is 365 g/mol. The summed E-state index contributed by atoms with van der Waals surface area (Å²) in [6, 6.07) is 14.8. The molecule has 27 heavy (non-hydrogen) atoms. The maximum atomic E-state index is 12.1. The summed E-state index contributed by atoms with van der Waals surface area (Å²) in [7, 11) is 0. The number of amides is 1. The van der Waals surface area contributed by atoms with E-state index in [0.717, 1.165) is 0 Å². The van der Waals surface area contributed by atoms with Crippen molar-refractivity contribution >= 4 is 23.3 Å². The highest BCUT2D eigenvalue weighted by molar-refractivity contribution is 6.03. The minimum absolute atomic E-state index is 0.0295. The molecule has 3 rings (SSSR count). The number of ketones is 1. The van der Waals surface area contributed by atoms with E-state index in [1.54, 1.807) is 18.2 Å². The lowest BCUT2D eigenvalue weighted by molar-refractivity contribution is 0.0474. The molecule has 0 fully saturated rings. The Morgan fingerprint density at radius 1 is 0.926 bits per heavy atom. The van der Waals surface area contributed by atoms with Gasteiger partial charge in [-0.1, -0.05) is 0 Å². The van der Waals surface area contributed by atoms with Gasteiger partial charge in [-0.05, 0) is 60.7 Å². The van der Waals surface area contributed by atoms with Crippen LogP contribution >= 0.6 is 0 Å². The van der Waals surface area contributed by atoms with E-state index in [1.807, 2.05) is 0 Å². The Hall–Kier alpha value is -3.87. The van der Waals surface area contributed by atoms with Crippen molar-refractivity contribution < 1.29 is 28.6 Å². The lowest BCUT2D eigenvalue weighted by Crippen LogP contribution is -2.14. The zero-order valence-electron chi connectivity index (χ0n) is 14.0. The fourth-order valence-electron chi connectivity index (χ4n) is 2.24. The Bertz CT molecular complexity index is 943. The molecule has 0 bridgehead atoms. The first-order valence-corrected chi connectivity index (χ1v) is 7.97. The van der Waals surface area contributed by atoms with E-state index in [0.29, 0.717) is 11.3 Å². The van der Waals surface area contributed by atoms with Crippen LogP contribution < -0.4 is 5.32 Å². The Morgan fingerprint density at radius 2 is 1.59 bits per heavy atom. The molecule has 7 heteroatoms. The third-order valence-electron chi connectivity index (χ3n) is 3.65. The van der Waals surface area contributed by atoms with Crippen molar-refractivity contribution in [1.29, 1.82) is 0 Å². The van der Waals surface area contributed by atoms with Crippen LogP contribution in [0.4, 0.5) is 5.69 Å². The number of carbonyl (C=O) groups excluding carboxylic acids is 3. The lowest BCUT2D eigenvalue weighted by Gasteiger charge is -2.06. The van der Waals surface area contributed by atoms with Crippen LogP contribution in [0.25, 0.3) is 0 Å². The minimum atomic E-state index is -0.661. The van der Waals surface area contributed by atoms with Gasteiger partial charge in [-0.2, -0.15) is 0 Å². The first-order chi connectivity index (χ1) is 13.0. The third kappa shape index (κ3) is 4.60. The van der Waals surface area contributed by atoms with Crippen molar-refractivity contribution in [2.75, 3.05) is 11.9 Å². The van der Waals surface area contributed by atoms with Crippen molar-refractivity contribution in [3.63, 3.8) is 0 Å². The summed E-state index contributed by atoms with van der Waals surface area (Å²) >= 11 is 0. The molecular formula is C20H15NO6. The number of hydrogen-bond acceptors (Lipinski definition) is 6. The predicted molar refractivity (Wildman–Crippen MR) is 95.8 cm³/mol. The summed E-state index contributed by atoms with van der Waals surface area (Å²) < 4.78 is 9.97. The summed E-state index contributed by atoms with van der Waals surface area (Å²) in [6.45, 7) is -0.419. The Kier molecular flexibility index (Phi) is 5.32. The van der Waals surface area contributed by atoms with Crippen LogP contribution in [-0.2, 0) is 4.74 Å². The maximum absolute atomic E-state index is 12.1. The van der Waals surface area contributed by atoms with Gasteiger partial charge < -0.3 is 19.6 Å². The quantitative estimate of drug-likeness (QED) is 0.513. The van der Waals surface area contributed by atoms with Crippen LogP contribution in [0.2, 0.25) is 0 Å². The van der Waals surface area contributed by atoms with Gasteiger partial charge in [0.2, 0.25) is 0 Å². The van der Waals surface area contributed by atoms with E-state index < -0.39 is 18.5 Å². The molecule has 1 amide bonds. The normalized spacial score (nSPS) is 10.2. The number of Topliss-reactive ketones (excluding diaryl/α,β-unsaturated/α-hetero) is 1. The molecule has 0 saturated carbocycles. The molecule has 0 unspecified atom stereocenters. The Labute approximate surface area is 154 Å². The number of carbonyl (C=O) groups is 3. The van der Waals surface area contributed by atoms with E-state index in [2.05, 4.69) is 5.32 Å². The van der Waals surface area contributed by atoms with Gasteiger partial charge >= 0.3 is 5.97 Å². The molecule has 2 N–H and O–H groups in total. The molecule has 7 nitrogen and oxygen atoms in total. The Morgan fingerprint density at radius 3 is 2.22 bits per heavy atom. The second kappa shape index (κ2) is 8.01. The molecule has 0 aliphatic carbocycles. The van der Waals surface area contributed by atoms with Crippen LogP contribution in [-0.4, -0.2) is 29.4 Å². The number of phenols is 1. The summed E-state index contributed by atoms with van der Waals surface area (Å²) in [5.41, 5.74) is 1.06. The number of phenolic OH excluding ortho intramolecular Hbond substituents is 1. The average molecular weight is 365 g/mol. The van der Waals surface area contributed by atoms with Gasteiger partial charge in [0.15, 0.2) is 18.2 Å². The fraction of sp³-hybridized carbons (Fsp3) is 0.0500. The van der Waals surface area contributed by atoms with E-state index in [-0.39, 0.29) is 22.9 Å². The van der Waals surface area contributed by atoms with E-state index in [4.69, 9.17) is 9.15 Å². The number of nitrogens with one attached hydrogen (secondary N) is 1. The number of anilines is 1. The van der Waals surface area contributed by atoms with E-state index in [1.165, 1.54) is 48.7 Å². The number of aromatic hydroxyl groups is 1. The first-order valence-electron chi connectivity index (χ1n) is 7.97. The maximum Gasteiger partial charge on any atom is 0.338 e. The molecule has 0 radical (unpaired) electrons. The number of ether oxygens (including phenoxy) is 1. The molecule has 3 aromatic rings. The van der Waals surface area contributed by atoms with Gasteiger partial charge in [-0.25, -0.2) is 4.79 Å². The standard InChI is InChI=1S/C20H15NO6/c22-16-9-5-14(6-10-16)20(25)27-12-17(23)13-3-7-15(8-4-13)21-19(24)18-2-1-11-26-18/h1-11,22H,12H2,(H,21,24). The lowest BCUT2D eigenvalue weighted by atomic mass is 10.1. The average Bonchev–Trinajstić information content (AvgIpc) is 3.22. The van der Waals surface area contributed by atoms with E-state index >= 15 is 0 Å². The van der Waals surface area contributed by atoms with Crippen molar-refractivity contribution in [3.8, 4) is 5.75 Å². The van der Waals surface area contributed by atoms with Crippen LogP contribution in [0.1, 0.15) is 31.3 Å². The van der Waals surface area contributed by atoms with Gasteiger partial charge in [0.1, 0.15) is 5.75 Å². The summed E-state index contributed by atoms with van der Waals surface area (Å²) in [4.78, 5) is 35.9. The first kappa shape index (κ1) is 17.9. The highest BCUT2D eigenvalue weighted by Gasteiger charge is 2.13. The highest BCUT2D eigenvalue weighted by atomic mass is 16.5. The molecule has 136 valence electrons. The molecule has 1 heterocycles. The second-order valence-corrected chi connectivity index (χ2v) is 5.55. The predicted octanol–water partition coefficient (Wildman–Crippen LogP) is 3.28. The van der Waals surface area contributed by atoms with Crippen LogP contribution in [0, 0.1) is 0 Å². The zero-order chi connectivity index (χ0) is 19.2. The highest BCUT2D eigenvalue weighted by Crippen LogP contribution is 2.14. The topological polar surface area (TPSA) is 106 Å².